The van der Waals surface area contributed by atoms with Crippen LogP contribution in [0.3, 0.4) is 0 Å². The summed E-state index contributed by atoms with van der Waals surface area (Å²) in [5, 5.41) is 3.49. The lowest BCUT2D eigenvalue weighted by Gasteiger charge is -2.15. The van der Waals surface area contributed by atoms with Crippen molar-refractivity contribution in [3.63, 3.8) is 0 Å². The molecule has 0 aliphatic carbocycles. The van der Waals surface area contributed by atoms with Crippen molar-refractivity contribution in [3.05, 3.63) is 0 Å². The van der Waals surface area contributed by atoms with E-state index in [2.05, 4.69) is 17.3 Å². The summed E-state index contributed by atoms with van der Waals surface area (Å²) in [5.41, 5.74) is 0. The Kier molecular flexibility index (Phi) is 3.33. The number of rotatable bonds is 3. The van der Waals surface area contributed by atoms with E-state index in [1.165, 1.54) is 6.42 Å². The van der Waals surface area contributed by atoms with Gasteiger partial charge in [-0.3, -0.25) is 0 Å². The third kappa shape index (κ3) is 3.16. The van der Waals surface area contributed by atoms with Crippen LogP contribution in [-0.2, 0) is 9.84 Å². The predicted molar refractivity (Wildman–Crippen MR) is 60.7 cm³/mol. The molecule has 0 saturated carbocycles. The van der Waals surface area contributed by atoms with Crippen LogP contribution in [0, 0.1) is 5.92 Å². The maximum absolute atomic E-state index is 11.3. The van der Waals surface area contributed by atoms with E-state index in [1.54, 1.807) is 0 Å². The summed E-state index contributed by atoms with van der Waals surface area (Å²) in [4.78, 5) is 2.31. The molecule has 2 aliphatic heterocycles. The summed E-state index contributed by atoms with van der Waals surface area (Å²) in [6.45, 7) is 3.12. The normalized spacial score (nSPS) is 36.1. The van der Waals surface area contributed by atoms with Crippen molar-refractivity contribution >= 4 is 9.84 Å². The number of nitrogens with one attached hydrogen (secondary N) is 1. The fourth-order valence-electron chi connectivity index (χ4n) is 2.47. The van der Waals surface area contributed by atoms with Crippen LogP contribution in [0.1, 0.15) is 12.8 Å². The topological polar surface area (TPSA) is 49.4 Å². The predicted octanol–water partition coefficient (Wildman–Crippen LogP) is -0.285. The molecule has 0 aromatic rings. The van der Waals surface area contributed by atoms with Crippen LogP contribution >= 0.6 is 0 Å². The summed E-state index contributed by atoms with van der Waals surface area (Å²) in [7, 11) is -0.576. The highest BCUT2D eigenvalue weighted by Gasteiger charge is 2.28. The number of hydrogen-bond donors (Lipinski definition) is 1. The van der Waals surface area contributed by atoms with Gasteiger partial charge in [-0.05, 0) is 38.9 Å². The third-order valence-corrected chi connectivity index (χ3v) is 5.25. The molecule has 0 aromatic heterocycles. The van der Waals surface area contributed by atoms with Crippen molar-refractivity contribution < 1.29 is 8.42 Å². The van der Waals surface area contributed by atoms with E-state index in [-0.39, 0.29) is 0 Å². The Morgan fingerprint density at radius 1 is 1.40 bits per heavy atom. The quantitative estimate of drug-likeness (QED) is 0.727. The Hall–Kier alpha value is -0.130. The fourth-order valence-corrected chi connectivity index (χ4v) is 4.33. The summed E-state index contributed by atoms with van der Waals surface area (Å²) < 4.78 is 22.5. The number of sulfone groups is 1. The monoisotopic (exact) mass is 232 g/mol. The molecule has 2 rings (SSSR count). The second-order valence-corrected chi connectivity index (χ2v) is 7.15. The zero-order valence-corrected chi connectivity index (χ0v) is 10.1. The summed E-state index contributed by atoms with van der Waals surface area (Å²) in [5.74, 6) is 1.13. The van der Waals surface area contributed by atoms with Crippen LogP contribution in [0.2, 0.25) is 0 Å². The first kappa shape index (κ1) is 11.4. The molecule has 2 fully saturated rings. The molecule has 5 heteroatoms. The van der Waals surface area contributed by atoms with Gasteiger partial charge in [0.2, 0.25) is 0 Å². The van der Waals surface area contributed by atoms with Crippen LogP contribution in [-0.4, -0.2) is 57.5 Å². The average molecular weight is 232 g/mol. The van der Waals surface area contributed by atoms with Crippen LogP contribution in [0.25, 0.3) is 0 Å². The van der Waals surface area contributed by atoms with E-state index < -0.39 is 9.84 Å². The smallest absolute Gasteiger partial charge is 0.150 e. The number of nitrogens with zero attached hydrogens (tertiary/aromatic N) is 1. The second kappa shape index (κ2) is 4.39. The minimum absolute atomic E-state index is 0.348. The minimum Gasteiger partial charge on any atom is -0.312 e. The number of likely N-dealkylation sites (tertiary alicyclic amines) is 1. The van der Waals surface area contributed by atoms with Crippen LogP contribution in [0.5, 0.6) is 0 Å². The van der Waals surface area contributed by atoms with Gasteiger partial charge in [0.15, 0.2) is 9.84 Å². The van der Waals surface area contributed by atoms with Crippen LogP contribution < -0.4 is 5.32 Å². The van der Waals surface area contributed by atoms with E-state index >= 15 is 0 Å². The zero-order valence-electron chi connectivity index (χ0n) is 9.28. The van der Waals surface area contributed by atoms with Gasteiger partial charge in [0.05, 0.1) is 11.5 Å². The first-order chi connectivity index (χ1) is 7.05. The highest BCUT2D eigenvalue weighted by molar-refractivity contribution is 7.91. The van der Waals surface area contributed by atoms with Crippen molar-refractivity contribution in [1.82, 2.24) is 10.2 Å². The minimum atomic E-state index is -2.70. The molecule has 15 heavy (non-hydrogen) atoms. The van der Waals surface area contributed by atoms with Gasteiger partial charge in [0, 0.05) is 12.6 Å². The maximum atomic E-state index is 11.3. The zero-order chi connectivity index (χ0) is 10.9. The Morgan fingerprint density at radius 2 is 2.20 bits per heavy atom. The van der Waals surface area contributed by atoms with Crippen molar-refractivity contribution in [1.29, 1.82) is 0 Å². The first-order valence-corrected chi connectivity index (χ1v) is 7.50. The summed E-state index contributed by atoms with van der Waals surface area (Å²) in [6, 6.07) is 0.568. The number of hydrogen-bond acceptors (Lipinski definition) is 4. The first-order valence-electron chi connectivity index (χ1n) is 5.67. The molecule has 1 N–H and O–H groups in total. The van der Waals surface area contributed by atoms with E-state index in [0.717, 1.165) is 26.1 Å². The van der Waals surface area contributed by atoms with Crippen molar-refractivity contribution in [2.24, 2.45) is 5.92 Å². The molecule has 0 aromatic carbocycles. The largest absolute Gasteiger partial charge is 0.312 e. The Morgan fingerprint density at radius 3 is 2.73 bits per heavy atom. The van der Waals surface area contributed by atoms with Crippen LogP contribution in [0.15, 0.2) is 0 Å². The molecule has 4 nitrogen and oxygen atoms in total. The lowest BCUT2D eigenvalue weighted by molar-refractivity contribution is 0.389. The molecule has 0 radical (unpaired) electrons. The molecule has 2 aliphatic rings. The van der Waals surface area contributed by atoms with E-state index in [9.17, 15) is 8.42 Å². The third-order valence-electron chi connectivity index (χ3n) is 3.41. The van der Waals surface area contributed by atoms with Crippen molar-refractivity contribution in [2.75, 3.05) is 38.2 Å². The number of likely N-dealkylation sites (N-methyl/N-ethyl adjacent to an activating group) is 1. The lowest BCUT2D eigenvalue weighted by Crippen LogP contribution is -2.35. The molecule has 0 spiro atoms. The van der Waals surface area contributed by atoms with E-state index in [1.807, 2.05) is 0 Å². The highest BCUT2D eigenvalue weighted by atomic mass is 32.2. The van der Waals surface area contributed by atoms with E-state index in [0.29, 0.717) is 23.5 Å². The lowest BCUT2D eigenvalue weighted by atomic mass is 10.1. The molecule has 88 valence electrons. The van der Waals surface area contributed by atoms with Gasteiger partial charge < -0.3 is 10.2 Å². The Balaban J connectivity index is 1.71. The van der Waals surface area contributed by atoms with Gasteiger partial charge in [-0.15, -0.1) is 0 Å². The average Bonchev–Trinajstić information content (AvgIpc) is 2.69. The van der Waals surface area contributed by atoms with Crippen molar-refractivity contribution in [3.8, 4) is 0 Å². The fraction of sp³-hybridized carbons (Fsp3) is 1.00. The molecule has 2 saturated heterocycles. The van der Waals surface area contributed by atoms with Gasteiger partial charge in [0.25, 0.3) is 0 Å². The Labute approximate surface area is 91.9 Å². The second-order valence-electron chi connectivity index (χ2n) is 4.93. The SMILES string of the molecule is CN1CCC(NCC2CCS(=O)(=O)C2)C1. The highest BCUT2D eigenvalue weighted by Crippen LogP contribution is 2.18. The van der Waals surface area contributed by atoms with E-state index in [4.69, 9.17) is 0 Å². The molecule has 0 amide bonds. The van der Waals surface area contributed by atoms with Crippen molar-refractivity contribution in [2.45, 2.75) is 18.9 Å². The van der Waals surface area contributed by atoms with Gasteiger partial charge in [-0.25, -0.2) is 8.42 Å². The van der Waals surface area contributed by atoms with Gasteiger partial charge in [0.1, 0.15) is 0 Å². The summed E-state index contributed by atoms with van der Waals surface area (Å²) in [6.07, 6.45) is 2.04. The van der Waals surface area contributed by atoms with Gasteiger partial charge in [-0.1, -0.05) is 0 Å². The Bertz CT molecular complexity index is 315. The van der Waals surface area contributed by atoms with Gasteiger partial charge >= 0.3 is 0 Å². The standard InChI is InChI=1S/C10H20N2O2S/c1-12-4-2-10(7-12)11-6-9-3-5-15(13,14)8-9/h9-11H,2-8H2,1H3. The molecular weight excluding hydrogens is 212 g/mol. The molecular formula is C10H20N2O2S. The molecule has 2 heterocycles. The van der Waals surface area contributed by atoms with Gasteiger partial charge in [-0.2, -0.15) is 0 Å². The van der Waals surface area contributed by atoms with Crippen LogP contribution in [0.4, 0.5) is 0 Å². The maximum Gasteiger partial charge on any atom is 0.150 e. The molecule has 2 unspecified atom stereocenters. The molecule has 2 atom stereocenters. The molecule has 0 bridgehead atoms. The summed E-state index contributed by atoms with van der Waals surface area (Å²) >= 11 is 0.